The molecular formula is C21H32N4OS. The van der Waals surface area contributed by atoms with E-state index in [1.54, 1.807) is 11.3 Å². The Labute approximate surface area is 166 Å². The molecule has 0 radical (unpaired) electrons. The molecule has 2 N–H and O–H groups in total. The monoisotopic (exact) mass is 388 g/mol. The number of rotatable bonds is 4. The number of likely N-dealkylation sites (tertiary alicyclic amines) is 1. The van der Waals surface area contributed by atoms with E-state index in [0.29, 0.717) is 6.04 Å². The van der Waals surface area contributed by atoms with Gasteiger partial charge in [-0.05, 0) is 76.9 Å². The molecule has 27 heavy (non-hydrogen) atoms. The highest BCUT2D eigenvalue weighted by atomic mass is 32.1. The summed E-state index contributed by atoms with van der Waals surface area (Å²) in [7, 11) is 0. The standard InChI is InChI=1S/C21H32N4OS/c1-13-8-10-25(11-9-13)12-18-23-20(22-16-4-6-17(26)7-5-16)19-14(2)15(3)27-21(19)24-18/h13,16-17,26H,4-12H2,1-3H3,(H,22,23,24). The highest BCUT2D eigenvalue weighted by Crippen LogP contribution is 2.35. The Morgan fingerprint density at radius 2 is 1.78 bits per heavy atom. The maximum atomic E-state index is 9.80. The van der Waals surface area contributed by atoms with Crippen LogP contribution in [0.2, 0.25) is 0 Å². The second kappa shape index (κ2) is 8.02. The van der Waals surface area contributed by atoms with E-state index in [1.807, 2.05) is 0 Å². The molecule has 3 heterocycles. The lowest BCUT2D eigenvalue weighted by atomic mass is 9.93. The third-order valence-electron chi connectivity index (χ3n) is 6.35. The summed E-state index contributed by atoms with van der Waals surface area (Å²) >= 11 is 1.78. The van der Waals surface area contributed by atoms with Crippen molar-refractivity contribution in [2.24, 2.45) is 5.92 Å². The van der Waals surface area contributed by atoms with Gasteiger partial charge in [-0.2, -0.15) is 0 Å². The maximum absolute atomic E-state index is 9.80. The summed E-state index contributed by atoms with van der Waals surface area (Å²) in [6.07, 6.45) is 6.20. The number of aliphatic hydroxyl groups is 1. The number of hydrogen-bond donors (Lipinski definition) is 2. The van der Waals surface area contributed by atoms with E-state index in [4.69, 9.17) is 9.97 Å². The number of aromatic nitrogens is 2. The molecule has 0 amide bonds. The van der Waals surface area contributed by atoms with Crippen LogP contribution in [0.4, 0.5) is 5.82 Å². The number of nitrogens with one attached hydrogen (secondary N) is 1. The van der Waals surface area contributed by atoms with Crippen LogP contribution in [0.1, 0.15) is 61.7 Å². The average Bonchev–Trinajstić information content (AvgIpc) is 2.93. The normalized spacial score (nSPS) is 25.2. The summed E-state index contributed by atoms with van der Waals surface area (Å²) in [4.78, 5) is 14.8. The number of nitrogens with zero attached hydrogens (tertiary/aromatic N) is 3. The van der Waals surface area contributed by atoms with Crippen molar-refractivity contribution in [2.45, 2.75) is 78.0 Å². The van der Waals surface area contributed by atoms with E-state index in [0.717, 1.165) is 67.7 Å². The average molecular weight is 389 g/mol. The van der Waals surface area contributed by atoms with Crippen LogP contribution in [0, 0.1) is 19.8 Å². The van der Waals surface area contributed by atoms with Gasteiger partial charge in [0, 0.05) is 10.9 Å². The second-order valence-corrected chi connectivity index (χ2v) is 9.76. The van der Waals surface area contributed by atoms with Crippen molar-refractivity contribution < 1.29 is 5.11 Å². The van der Waals surface area contributed by atoms with Crippen molar-refractivity contribution in [3.63, 3.8) is 0 Å². The van der Waals surface area contributed by atoms with Gasteiger partial charge >= 0.3 is 0 Å². The third kappa shape index (κ3) is 4.28. The molecule has 148 valence electrons. The van der Waals surface area contributed by atoms with Gasteiger partial charge in [-0.3, -0.25) is 4.90 Å². The first-order valence-corrected chi connectivity index (χ1v) is 11.2. The highest BCUT2D eigenvalue weighted by Gasteiger charge is 2.23. The van der Waals surface area contributed by atoms with Gasteiger partial charge in [0.25, 0.3) is 0 Å². The Morgan fingerprint density at radius 3 is 2.48 bits per heavy atom. The van der Waals surface area contributed by atoms with Gasteiger partial charge in [0.2, 0.25) is 0 Å². The first-order valence-electron chi connectivity index (χ1n) is 10.4. The fourth-order valence-corrected chi connectivity index (χ4v) is 5.35. The minimum Gasteiger partial charge on any atom is -0.393 e. The van der Waals surface area contributed by atoms with Crippen molar-refractivity contribution in [3.05, 3.63) is 16.3 Å². The molecule has 5 nitrogen and oxygen atoms in total. The Balaban J connectivity index is 1.59. The Bertz CT molecular complexity index is 789. The minimum atomic E-state index is -0.129. The predicted octanol–water partition coefficient (Wildman–Crippen LogP) is 4.26. The molecule has 2 fully saturated rings. The highest BCUT2D eigenvalue weighted by molar-refractivity contribution is 7.18. The summed E-state index contributed by atoms with van der Waals surface area (Å²) in [6, 6.07) is 0.398. The molecule has 0 atom stereocenters. The molecule has 1 aliphatic heterocycles. The molecule has 4 rings (SSSR count). The van der Waals surface area contributed by atoms with Gasteiger partial charge in [-0.1, -0.05) is 6.92 Å². The number of aliphatic hydroxyl groups excluding tert-OH is 1. The van der Waals surface area contributed by atoms with Gasteiger partial charge in [-0.25, -0.2) is 9.97 Å². The van der Waals surface area contributed by atoms with Crippen LogP contribution < -0.4 is 5.32 Å². The van der Waals surface area contributed by atoms with Gasteiger partial charge in [0.05, 0.1) is 18.0 Å². The van der Waals surface area contributed by atoms with Crippen LogP contribution in [0.5, 0.6) is 0 Å². The lowest BCUT2D eigenvalue weighted by molar-refractivity contribution is 0.126. The molecule has 0 bridgehead atoms. The van der Waals surface area contributed by atoms with Crippen molar-refractivity contribution in [2.75, 3.05) is 18.4 Å². The number of hydrogen-bond acceptors (Lipinski definition) is 6. The number of anilines is 1. The smallest absolute Gasteiger partial charge is 0.146 e. The molecule has 2 aromatic rings. The SMILES string of the molecule is Cc1sc2nc(CN3CCC(C)CC3)nc(NC3CCC(O)CC3)c2c1C. The zero-order chi connectivity index (χ0) is 19.0. The van der Waals surface area contributed by atoms with Crippen LogP contribution in [-0.2, 0) is 6.54 Å². The fourth-order valence-electron chi connectivity index (χ4n) is 4.30. The van der Waals surface area contributed by atoms with Crippen molar-refractivity contribution >= 4 is 27.4 Å². The minimum absolute atomic E-state index is 0.129. The number of fused-ring (bicyclic) bond motifs is 1. The van der Waals surface area contributed by atoms with Gasteiger partial charge in [-0.15, -0.1) is 11.3 Å². The Morgan fingerprint density at radius 1 is 1.07 bits per heavy atom. The molecule has 1 aliphatic carbocycles. The van der Waals surface area contributed by atoms with Gasteiger partial charge in [0.1, 0.15) is 16.5 Å². The first kappa shape index (κ1) is 19.1. The molecule has 2 aromatic heterocycles. The van der Waals surface area contributed by atoms with E-state index < -0.39 is 0 Å². The molecule has 0 aromatic carbocycles. The van der Waals surface area contributed by atoms with Crippen molar-refractivity contribution in [1.29, 1.82) is 0 Å². The van der Waals surface area contributed by atoms with Crippen molar-refractivity contribution in [1.82, 2.24) is 14.9 Å². The molecule has 2 aliphatic rings. The van der Waals surface area contributed by atoms with Gasteiger partial charge in [0.15, 0.2) is 0 Å². The van der Waals surface area contributed by atoms with Crippen LogP contribution in [0.3, 0.4) is 0 Å². The molecule has 0 spiro atoms. The number of aryl methyl sites for hydroxylation is 2. The van der Waals surface area contributed by atoms with E-state index in [9.17, 15) is 5.11 Å². The summed E-state index contributed by atoms with van der Waals surface area (Å²) in [6.45, 7) is 9.84. The van der Waals surface area contributed by atoms with E-state index in [-0.39, 0.29) is 6.10 Å². The second-order valence-electron chi connectivity index (χ2n) is 8.56. The zero-order valence-electron chi connectivity index (χ0n) is 16.8. The Hall–Kier alpha value is -1.24. The van der Waals surface area contributed by atoms with Gasteiger partial charge < -0.3 is 10.4 Å². The maximum Gasteiger partial charge on any atom is 0.146 e. The molecular weight excluding hydrogens is 356 g/mol. The molecule has 1 saturated heterocycles. The first-order chi connectivity index (χ1) is 13.0. The summed E-state index contributed by atoms with van der Waals surface area (Å²) in [5.41, 5.74) is 1.30. The molecule has 6 heteroatoms. The summed E-state index contributed by atoms with van der Waals surface area (Å²) < 4.78 is 0. The fraction of sp³-hybridized carbons (Fsp3) is 0.714. The zero-order valence-corrected chi connectivity index (χ0v) is 17.6. The van der Waals surface area contributed by atoms with Crippen LogP contribution in [-0.4, -0.2) is 45.2 Å². The van der Waals surface area contributed by atoms with Crippen molar-refractivity contribution in [3.8, 4) is 0 Å². The van der Waals surface area contributed by atoms with E-state index in [1.165, 1.54) is 28.7 Å². The number of piperidine rings is 1. The third-order valence-corrected chi connectivity index (χ3v) is 7.45. The van der Waals surface area contributed by atoms with E-state index in [2.05, 4.69) is 31.0 Å². The largest absolute Gasteiger partial charge is 0.393 e. The van der Waals surface area contributed by atoms with E-state index >= 15 is 0 Å². The Kier molecular flexibility index (Phi) is 5.67. The number of thiophene rings is 1. The quantitative estimate of drug-likeness (QED) is 0.820. The van der Waals surface area contributed by atoms with Crippen LogP contribution >= 0.6 is 11.3 Å². The summed E-state index contributed by atoms with van der Waals surface area (Å²) in [5, 5.41) is 14.7. The topological polar surface area (TPSA) is 61.3 Å². The molecule has 0 unspecified atom stereocenters. The van der Waals surface area contributed by atoms with Crippen LogP contribution in [0.25, 0.3) is 10.2 Å². The summed E-state index contributed by atoms with van der Waals surface area (Å²) in [5.74, 6) is 2.78. The lowest BCUT2D eigenvalue weighted by Gasteiger charge is -2.30. The predicted molar refractivity (Wildman–Crippen MR) is 112 cm³/mol. The van der Waals surface area contributed by atoms with Crippen LogP contribution in [0.15, 0.2) is 0 Å². The molecule has 1 saturated carbocycles. The lowest BCUT2D eigenvalue weighted by Crippen LogP contribution is -2.33.